The smallest absolute Gasteiger partial charge is 0.126 e. The third-order valence-corrected chi connectivity index (χ3v) is 3.15. The summed E-state index contributed by atoms with van der Waals surface area (Å²) >= 11 is 0. The molecule has 0 heterocycles. The fourth-order valence-corrected chi connectivity index (χ4v) is 1.94. The Hall–Kier alpha value is -0.770. The summed E-state index contributed by atoms with van der Waals surface area (Å²) in [4.78, 5) is 10.8. The highest BCUT2D eigenvalue weighted by atomic mass is 16.1. The molecule has 0 aromatic heterocycles. The van der Waals surface area contributed by atoms with Crippen molar-refractivity contribution in [1.29, 1.82) is 0 Å². The van der Waals surface area contributed by atoms with E-state index in [2.05, 4.69) is 19.8 Å². The molecule has 1 aliphatic carbocycles. The van der Waals surface area contributed by atoms with Crippen LogP contribution in [0.15, 0.2) is 0 Å². The first-order valence-electron chi connectivity index (χ1n) is 4.48. The van der Waals surface area contributed by atoms with Gasteiger partial charge in [0.2, 0.25) is 0 Å². The van der Waals surface area contributed by atoms with Crippen LogP contribution in [0.3, 0.4) is 0 Å². The molecule has 1 atom stereocenters. The van der Waals surface area contributed by atoms with E-state index in [0.29, 0.717) is 0 Å². The monoisotopic (exact) mass is 164 g/mol. The first-order chi connectivity index (χ1) is 5.58. The molecule has 1 aliphatic rings. The summed E-state index contributed by atoms with van der Waals surface area (Å²) in [7, 11) is 0. The van der Waals surface area contributed by atoms with Crippen LogP contribution in [0.1, 0.15) is 39.5 Å². The number of aldehydes is 1. The molecule has 0 radical (unpaired) electrons. The van der Waals surface area contributed by atoms with E-state index in [1.165, 1.54) is 0 Å². The molecule has 66 valence electrons. The van der Waals surface area contributed by atoms with Crippen LogP contribution in [0.25, 0.3) is 0 Å². The largest absolute Gasteiger partial charge is 0.303 e. The van der Waals surface area contributed by atoms with E-state index < -0.39 is 0 Å². The molecular formula is C11H16O. The highest BCUT2D eigenvalue weighted by molar-refractivity contribution is 5.66. The Balaban J connectivity index is 2.41. The van der Waals surface area contributed by atoms with E-state index in [1.54, 1.807) is 0 Å². The third-order valence-electron chi connectivity index (χ3n) is 3.15. The van der Waals surface area contributed by atoms with Gasteiger partial charge in [-0.05, 0) is 24.7 Å². The number of carbonyl (C=O) groups excluding carboxylic acids is 1. The zero-order chi connectivity index (χ0) is 9.24. The second kappa shape index (κ2) is 2.94. The number of rotatable bonds is 4. The van der Waals surface area contributed by atoms with E-state index in [4.69, 9.17) is 6.42 Å². The predicted molar refractivity (Wildman–Crippen MR) is 49.6 cm³/mol. The van der Waals surface area contributed by atoms with E-state index in [9.17, 15) is 4.79 Å². The number of hydrogen-bond donors (Lipinski definition) is 0. The van der Waals surface area contributed by atoms with Crippen molar-refractivity contribution >= 4 is 6.29 Å². The Kier molecular flexibility index (Phi) is 2.28. The lowest BCUT2D eigenvalue weighted by molar-refractivity contribution is -0.113. The minimum Gasteiger partial charge on any atom is -0.303 e. The lowest BCUT2D eigenvalue weighted by atomic mass is 9.92. The summed E-state index contributed by atoms with van der Waals surface area (Å²) in [6.07, 6.45) is 10.1. The van der Waals surface area contributed by atoms with Gasteiger partial charge in [-0.25, -0.2) is 0 Å². The van der Waals surface area contributed by atoms with Gasteiger partial charge in [-0.3, -0.25) is 0 Å². The maximum absolute atomic E-state index is 10.8. The number of hydrogen-bond acceptors (Lipinski definition) is 1. The van der Waals surface area contributed by atoms with Gasteiger partial charge in [-0.1, -0.05) is 13.8 Å². The van der Waals surface area contributed by atoms with Crippen molar-refractivity contribution in [3.8, 4) is 12.3 Å². The zero-order valence-electron chi connectivity index (χ0n) is 7.89. The molecule has 12 heavy (non-hydrogen) atoms. The molecule has 1 rings (SSSR count). The Bertz CT molecular complexity index is 222. The minimum atomic E-state index is -0.0378. The van der Waals surface area contributed by atoms with Gasteiger partial charge in [0.25, 0.3) is 0 Å². The Morgan fingerprint density at radius 1 is 1.58 bits per heavy atom. The molecule has 1 fully saturated rings. The van der Waals surface area contributed by atoms with Gasteiger partial charge in [-0.15, -0.1) is 12.3 Å². The summed E-state index contributed by atoms with van der Waals surface area (Å²) in [6.45, 7) is 4.30. The lowest BCUT2D eigenvalue weighted by Gasteiger charge is -2.11. The van der Waals surface area contributed by atoms with Crippen molar-refractivity contribution in [2.45, 2.75) is 39.5 Å². The third kappa shape index (κ3) is 1.39. The van der Waals surface area contributed by atoms with Crippen LogP contribution in [-0.4, -0.2) is 6.29 Å². The fraction of sp³-hybridized carbons (Fsp3) is 0.727. The second-order valence-electron chi connectivity index (χ2n) is 4.39. The van der Waals surface area contributed by atoms with Gasteiger partial charge in [0, 0.05) is 11.8 Å². The fourth-order valence-electron chi connectivity index (χ4n) is 1.94. The Labute approximate surface area is 74.5 Å². The van der Waals surface area contributed by atoms with Crippen LogP contribution < -0.4 is 0 Å². The number of terminal acetylenes is 1. The molecule has 0 bridgehead atoms. The number of carbonyl (C=O) groups is 1. The van der Waals surface area contributed by atoms with Crippen molar-refractivity contribution in [2.24, 2.45) is 10.8 Å². The van der Waals surface area contributed by atoms with Gasteiger partial charge in [-0.2, -0.15) is 0 Å². The van der Waals surface area contributed by atoms with E-state index in [-0.39, 0.29) is 10.8 Å². The van der Waals surface area contributed by atoms with Crippen LogP contribution in [0.2, 0.25) is 0 Å². The second-order valence-corrected chi connectivity index (χ2v) is 4.39. The summed E-state index contributed by atoms with van der Waals surface area (Å²) < 4.78 is 0. The van der Waals surface area contributed by atoms with E-state index in [0.717, 1.165) is 32.0 Å². The SMILES string of the molecule is C#CCCCC1(C=O)CC1(C)C. The Morgan fingerprint density at radius 3 is 2.50 bits per heavy atom. The Morgan fingerprint density at radius 2 is 2.17 bits per heavy atom. The summed E-state index contributed by atoms with van der Waals surface area (Å²) in [5.41, 5.74) is 0.188. The summed E-state index contributed by atoms with van der Waals surface area (Å²) in [6, 6.07) is 0. The quantitative estimate of drug-likeness (QED) is 0.354. The first kappa shape index (κ1) is 9.32. The number of unbranched alkanes of at least 4 members (excludes halogenated alkanes) is 1. The molecular weight excluding hydrogens is 148 g/mol. The normalized spacial score (nSPS) is 30.8. The molecule has 0 spiro atoms. The van der Waals surface area contributed by atoms with Crippen LogP contribution in [0, 0.1) is 23.2 Å². The van der Waals surface area contributed by atoms with Crippen LogP contribution >= 0.6 is 0 Å². The standard InChI is InChI=1S/C11H16O/c1-4-5-6-7-11(9-12)8-10(11,2)3/h1,9H,5-8H2,2-3H3. The van der Waals surface area contributed by atoms with Gasteiger partial charge in [0.15, 0.2) is 0 Å². The molecule has 0 aliphatic heterocycles. The molecule has 1 unspecified atom stereocenters. The lowest BCUT2D eigenvalue weighted by Crippen LogP contribution is -2.10. The van der Waals surface area contributed by atoms with Gasteiger partial charge in [0.05, 0.1) is 0 Å². The topological polar surface area (TPSA) is 17.1 Å². The van der Waals surface area contributed by atoms with E-state index in [1.807, 2.05) is 0 Å². The van der Waals surface area contributed by atoms with Crippen molar-refractivity contribution < 1.29 is 4.79 Å². The summed E-state index contributed by atoms with van der Waals surface area (Å²) in [5.74, 6) is 2.60. The average Bonchev–Trinajstić information content (AvgIpc) is 2.55. The molecule has 0 aromatic rings. The van der Waals surface area contributed by atoms with Crippen molar-refractivity contribution in [2.75, 3.05) is 0 Å². The van der Waals surface area contributed by atoms with Crippen molar-refractivity contribution in [3.63, 3.8) is 0 Å². The van der Waals surface area contributed by atoms with Gasteiger partial charge < -0.3 is 4.79 Å². The zero-order valence-corrected chi connectivity index (χ0v) is 7.89. The van der Waals surface area contributed by atoms with Gasteiger partial charge >= 0.3 is 0 Å². The molecule has 0 saturated heterocycles. The van der Waals surface area contributed by atoms with E-state index >= 15 is 0 Å². The maximum atomic E-state index is 10.8. The van der Waals surface area contributed by atoms with Crippen molar-refractivity contribution in [3.05, 3.63) is 0 Å². The average molecular weight is 164 g/mol. The van der Waals surface area contributed by atoms with Crippen LogP contribution in [-0.2, 0) is 4.79 Å². The first-order valence-corrected chi connectivity index (χ1v) is 4.48. The molecule has 0 aromatic carbocycles. The predicted octanol–water partition coefficient (Wildman–Crippen LogP) is 2.41. The van der Waals surface area contributed by atoms with Gasteiger partial charge in [0.1, 0.15) is 6.29 Å². The maximum Gasteiger partial charge on any atom is 0.126 e. The highest BCUT2D eigenvalue weighted by Crippen LogP contribution is 2.64. The van der Waals surface area contributed by atoms with Crippen LogP contribution in [0.5, 0.6) is 0 Å². The minimum absolute atomic E-state index is 0.0378. The molecule has 0 N–H and O–H groups in total. The molecule has 1 heteroatoms. The molecule has 1 nitrogen and oxygen atoms in total. The molecule has 0 amide bonds. The highest BCUT2D eigenvalue weighted by Gasteiger charge is 2.60. The summed E-state index contributed by atoms with van der Waals surface area (Å²) in [5, 5.41) is 0. The van der Waals surface area contributed by atoms with Crippen molar-refractivity contribution in [1.82, 2.24) is 0 Å². The molecule has 1 saturated carbocycles. The van der Waals surface area contributed by atoms with Crippen LogP contribution in [0.4, 0.5) is 0 Å².